The van der Waals surface area contributed by atoms with Gasteiger partial charge in [0.1, 0.15) is 5.69 Å². The minimum atomic E-state index is -0.262. The van der Waals surface area contributed by atoms with Crippen molar-refractivity contribution in [1.29, 1.82) is 0 Å². The van der Waals surface area contributed by atoms with Crippen LogP contribution in [0, 0.1) is 0 Å². The molecular formula is C16H16N4O2. The molecule has 2 heterocycles. The number of nitrogens with zero attached hydrogens (tertiary/aromatic N) is 3. The average Bonchev–Trinajstić information content (AvgIpc) is 3.01. The Morgan fingerprint density at radius 1 is 1.27 bits per heavy atom. The molecule has 0 aliphatic carbocycles. The number of hydrogen-bond donors (Lipinski definition) is 1. The molecule has 6 nitrogen and oxygen atoms in total. The van der Waals surface area contributed by atoms with Crippen LogP contribution in [0.15, 0.2) is 41.1 Å². The Balaban J connectivity index is 1.69. The molecule has 0 saturated carbocycles. The van der Waals surface area contributed by atoms with Crippen molar-refractivity contribution in [2.24, 2.45) is 0 Å². The zero-order chi connectivity index (χ0) is 15.5. The van der Waals surface area contributed by atoms with Crippen LogP contribution in [-0.4, -0.2) is 21.0 Å². The van der Waals surface area contributed by atoms with E-state index in [0.717, 1.165) is 10.8 Å². The topological polar surface area (TPSA) is 80.9 Å². The summed E-state index contributed by atoms with van der Waals surface area (Å²) in [7, 11) is 0. The smallest absolute Gasteiger partial charge is 0.270 e. The van der Waals surface area contributed by atoms with Gasteiger partial charge in [-0.25, -0.2) is 0 Å². The highest BCUT2D eigenvalue weighted by molar-refractivity contribution is 5.96. The molecule has 2 aromatic heterocycles. The molecular weight excluding hydrogens is 280 g/mol. The molecule has 0 fully saturated rings. The van der Waals surface area contributed by atoms with E-state index >= 15 is 0 Å². The highest BCUT2D eigenvalue weighted by Gasteiger charge is 2.12. The lowest BCUT2D eigenvalue weighted by molar-refractivity contribution is 0.0945. The van der Waals surface area contributed by atoms with Crippen molar-refractivity contribution >= 4 is 16.7 Å². The third-order valence-electron chi connectivity index (χ3n) is 3.25. The lowest BCUT2D eigenvalue weighted by atomic mass is 10.1. The SMILES string of the molecule is CC(C)c1nc(CNC(=O)c2cc3ccccc3cn2)no1. The second-order valence-electron chi connectivity index (χ2n) is 5.30. The fourth-order valence-corrected chi connectivity index (χ4v) is 2.03. The molecule has 0 aliphatic heterocycles. The normalized spacial score (nSPS) is 11.0. The highest BCUT2D eigenvalue weighted by Crippen LogP contribution is 2.13. The molecule has 112 valence electrons. The van der Waals surface area contributed by atoms with Crippen LogP contribution < -0.4 is 5.32 Å². The third kappa shape index (κ3) is 2.95. The maximum atomic E-state index is 12.1. The van der Waals surface area contributed by atoms with Gasteiger partial charge in [0.05, 0.1) is 6.54 Å². The molecule has 0 unspecified atom stereocenters. The monoisotopic (exact) mass is 296 g/mol. The van der Waals surface area contributed by atoms with Gasteiger partial charge in [0.25, 0.3) is 5.91 Å². The zero-order valence-electron chi connectivity index (χ0n) is 12.4. The van der Waals surface area contributed by atoms with Crippen molar-refractivity contribution in [2.45, 2.75) is 26.3 Å². The van der Waals surface area contributed by atoms with Gasteiger partial charge in [-0.3, -0.25) is 9.78 Å². The van der Waals surface area contributed by atoms with Crippen LogP contribution in [0.1, 0.15) is 42.0 Å². The first-order chi connectivity index (χ1) is 10.6. The van der Waals surface area contributed by atoms with Crippen molar-refractivity contribution in [2.75, 3.05) is 0 Å². The van der Waals surface area contributed by atoms with Gasteiger partial charge in [-0.05, 0) is 11.5 Å². The van der Waals surface area contributed by atoms with E-state index in [-0.39, 0.29) is 18.4 Å². The number of amides is 1. The third-order valence-corrected chi connectivity index (χ3v) is 3.25. The molecule has 0 aliphatic rings. The van der Waals surface area contributed by atoms with Gasteiger partial charge in [0.2, 0.25) is 5.89 Å². The lowest BCUT2D eigenvalue weighted by Crippen LogP contribution is -2.24. The van der Waals surface area contributed by atoms with E-state index in [1.807, 2.05) is 38.1 Å². The molecule has 3 rings (SSSR count). The van der Waals surface area contributed by atoms with E-state index < -0.39 is 0 Å². The summed E-state index contributed by atoms with van der Waals surface area (Å²) in [5, 5.41) is 8.55. The van der Waals surface area contributed by atoms with E-state index in [4.69, 9.17) is 4.52 Å². The summed E-state index contributed by atoms with van der Waals surface area (Å²) in [5.41, 5.74) is 0.367. The predicted molar refractivity (Wildman–Crippen MR) is 81.3 cm³/mol. The maximum absolute atomic E-state index is 12.1. The number of rotatable bonds is 4. The Kier molecular flexibility index (Phi) is 3.82. The average molecular weight is 296 g/mol. The number of hydrogen-bond acceptors (Lipinski definition) is 5. The molecule has 6 heteroatoms. The molecule has 1 N–H and O–H groups in total. The molecule has 3 aromatic rings. The summed E-state index contributed by atoms with van der Waals surface area (Å²) in [5.74, 6) is 0.923. The van der Waals surface area contributed by atoms with Gasteiger partial charge in [0.15, 0.2) is 5.82 Å². The van der Waals surface area contributed by atoms with Crippen LogP contribution in [0.4, 0.5) is 0 Å². The van der Waals surface area contributed by atoms with Crippen molar-refractivity contribution in [1.82, 2.24) is 20.4 Å². The summed E-state index contributed by atoms with van der Waals surface area (Å²) in [4.78, 5) is 20.5. The van der Waals surface area contributed by atoms with Crippen molar-refractivity contribution in [3.63, 3.8) is 0 Å². The quantitative estimate of drug-likeness (QED) is 0.800. The van der Waals surface area contributed by atoms with Gasteiger partial charge in [0, 0.05) is 17.5 Å². The summed E-state index contributed by atoms with van der Waals surface area (Å²) in [6.07, 6.45) is 1.69. The van der Waals surface area contributed by atoms with E-state index in [0.29, 0.717) is 17.4 Å². The summed E-state index contributed by atoms with van der Waals surface area (Å²) >= 11 is 0. The van der Waals surface area contributed by atoms with Crippen molar-refractivity contribution in [3.8, 4) is 0 Å². The highest BCUT2D eigenvalue weighted by atomic mass is 16.5. The van der Waals surface area contributed by atoms with Crippen LogP contribution >= 0.6 is 0 Å². The Labute approximate surface area is 127 Å². The first-order valence-electron chi connectivity index (χ1n) is 7.09. The molecule has 22 heavy (non-hydrogen) atoms. The Bertz CT molecular complexity index is 811. The fraction of sp³-hybridized carbons (Fsp3) is 0.250. The minimum absolute atomic E-state index is 0.166. The number of carbonyl (C=O) groups excluding carboxylic acids is 1. The second kappa shape index (κ2) is 5.93. The van der Waals surface area contributed by atoms with Crippen LogP contribution in [-0.2, 0) is 6.54 Å². The van der Waals surface area contributed by atoms with Crippen LogP contribution in [0.5, 0.6) is 0 Å². The number of carbonyl (C=O) groups is 1. The molecule has 0 saturated heterocycles. The van der Waals surface area contributed by atoms with E-state index in [2.05, 4.69) is 20.4 Å². The number of fused-ring (bicyclic) bond motifs is 1. The molecule has 0 radical (unpaired) electrons. The molecule has 0 bridgehead atoms. The Morgan fingerprint density at radius 3 is 2.77 bits per heavy atom. The van der Waals surface area contributed by atoms with Gasteiger partial charge >= 0.3 is 0 Å². The van der Waals surface area contributed by atoms with Crippen LogP contribution in [0.25, 0.3) is 10.8 Å². The zero-order valence-corrected chi connectivity index (χ0v) is 12.4. The summed E-state index contributed by atoms with van der Waals surface area (Å²) in [6, 6.07) is 9.53. The van der Waals surface area contributed by atoms with Gasteiger partial charge in [-0.15, -0.1) is 0 Å². The van der Waals surface area contributed by atoms with Crippen LogP contribution in [0.3, 0.4) is 0 Å². The standard InChI is InChI=1S/C16H16N4O2/c1-10(2)16-19-14(20-22-16)9-18-15(21)13-7-11-5-3-4-6-12(11)8-17-13/h3-8,10H,9H2,1-2H3,(H,18,21). The number of nitrogens with one attached hydrogen (secondary N) is 1. The van der Waals surface area contributed by atoms with E-state index in [1.165, 1.54) is 0 Å². The van der Waals surface area contributed by atoms with Crippen molar-refractivity contribution < 1.29 is 9.32 Å². The largest absolute Gasteiger partial charge is 0.343 e. The lowest BCUT2D eigenvalue weighted by Gasteiger charge is -2.03. The minimum Gasteiger partial charge on any atom is -0.343 e. The van der Waals surface area contributed by atoms with Gasteiger partial charge < -0.3 is 9.84 Å². The fourth-order valence-electron chi connectivity index (χ4n) is 2.03. The first kappa shape index (κ1) is 14.2. The Hall–Kier alpha value is -2.76. The number of benzene rings is 1. The molecule has 0 spiro atoms. The predicted octanol–water partition coefficient (Wildman–Crippen LogP) is 2.67. The summed E-state index contributed by atoms with van der Waals surface area (Å²) < 4.78 is 5.09. The molecule has 1 amide bonds. The van der Waals surface area contributed by atoms with Crippen molar-refractivity contribution in [3.05, 3.63) is 53.9 Å². The molecule has 1 aromatic carbocycles. The van der Waals surface area contributed by atoms with E-state index in [9.17, 15) is 4.79 Å². The Morgan fingerprint density at radius 2 is 2.05 bits per heavy atom. The van der Waals surface area contributed by atoms with Gasteiger partial charge in [-0.2, -0.15) is 4.98 Å². The maximum Gasteiger partial charge on any atom is 0.270 e. The van der Waals surface area contributed by atoms with Crippen LogP contribution in [0.2, 0.25) is 0 Å². The van der Waals surface area contributed by atoms with E-state index in [1.54, 1.807) is 12.3 Å². The summed E-state index contributed by atoms with van der Waals surface area (Å²) in [6.45, 7) is 4.15. The first-order valence-corrected chi connectivity index (χ1v) is 7.09. The van der Waals surface area contributed by atoms with Gasteiger partial charge in [-0.1, -0.05) is 43.3 Å². The molecule has 0 atom stereocenters. The second-order valence-corrected chi connectivity index (χ2v) is 5.30. The number of aromatic nitrogens is 3. The number of pyridine rings is 1.